The van der Waals surface area contributed by atoms with Crippen molar-refractivity contribution in [1.82, 2.24) is 4.90 Å². The molecule has 2 heterocycles. The number of carbonyl (C=O) groups excluding carboxylic acids is 2. The van der Waals surface area contributed by atoms with Gasteiger partial charge in [0.05, 0.1) is 0 Å². The Labute approximate surface area is 174 Å². The fraction of sp³-hybridized carbons (Fsp3) is 0.667. The third kappa shape index (κ3) is 5.12. The van der Waals surface area contributed by atoms with Crippen LogP contribution >= 0.6 is 0 Å². The zero-order valence-electron chi connectivity index (χ0n) is 17.6. The first-order valence-electron chi connectivity index (χ1n) is 11.7. The second kappa shape index (κ2) is 9.64. The Morgan fingerprint density at radius 3 is 1.90 bits per heavy atom. The molecule has 2 saturated heterocycles. The molecule has 0 radical (unpaired) electrons. The molecule has 29 heavy (non-hydrogen) atoms. The number of benzene rings is 1. The first-order valence-corrected chi connectivity index (χ1v) is 11.7. The van der Waals surface area contributed by atoms with E-state index in [1.807, 2.05) is 12.1 Å². The zero-order chi connectivity index (χ0) is 20.1. The van der Waals surface area contributed by atoms with E-state index in [2.05, 4.69) is 27.2 Å². The molecule has 0 spiro atoms. The number of nitrogens with zero attached hydrogens (tertiary/aromatic N) is 2. The van der Waals surface area contributed by atoms with Crippen molar-refractivity contribution in [3.05, 3.63) is 24.3 Å². The molecule has 5 nitrogen and oxygen atoms in total. The van der Waals surface area contributed by atoms with Gasteiger partial charge in [-0.2, -0.15) is 0 Å². The van der Waals surface area contributed by atoms with Crippen molar-refractivity contribution in [3.8, 4) is 0 Å². The minimum Gasteiger partial charge on any atom is -0.372 e. The molecule has 2 amide bonds. The smallest absolute Gasteiger partial charge is 0.227 e. The van der Waals surface area contributed by atoms with Gasteiger partial charge in [0.25, 0.3) is 0 Å². The lowest BCUT2D eigenvalue weighted by molar-refractivity contribution is -0.138. The van der Waals surface area contributed by atoms with Crippen LogP contribution in [0.3, 0.4) is 0 Å². The second-order valence-corrected chi connectivity index (χ2v) is 9.02. The summed E-state index contributed by atoms with van der Waals surface area (Å²) in [5.74, 6) is 0.597. The molecule has 0 unspecified atom stereocenters. The number of hydrogen-bond donors (Lipinski definition) is 1. The summed E-state index contributed by atoms with van der Waals surface area (Å²) in [4.78, 5) is 29.9. The normalized spacial score (nSPS) is 25.5. The van der Waals surface area contributed by atoms with Gasteiger partial charge in [-0.15, -0.1) is 0 Å². The molecule has 1 aromatic rings. The molecule has 1 aliphatic carbocycles. The van der Waals surface area contributed by atoms with Crippen LogP contribution in [0.2, 0.25) is 0 Å². The molecule has 3 aliphatic rings. The summed E-state index contributed by atoms with van der Waals surface area (Å²) in [5, 5.41) is 3.10. The van der Waals surface area contributed by atoms with E-state index in [0.717, 1.165) is 70.4 Å². The van der Waals surface area contributed by atoms with Crippen LogP contribution in [0, 0.1) is 11.8 Å². The number of hydrogen-bond acceptors (Lipinski definition) is 3. The minimum absolute atomic E-state index is 0.0298. The van der Waals surface area contributed by atoms with Crippen LogP contribution in [0.5, 0.6) is 0 Å². The number of piperidine rings is 2. The lowest BCUT2D eigenvalue weighted by atomic mass is 9.80. The largest absolute Gasteiger partial charge is 0.372 e. The first kappa shape index (κ1) is 20.2. The van der Waals surface area contributed by atoms with Crippen LogP contribution in [0.1, 0.15) is 64.2 Å². The molecular formula is C24H35N3O2. The molecule has 4 rings (SSSR count). The number of nitrogens with one attached hydrogen (secondary N) is 1. The average molecular weight is 398 g/mol. The molecule has 158 valence electrons. The van der Waals surface area contributed by atoms with Crippen LogP contribution < -0.4 is 10.2 Å². The number of rotatable bonds is 4. The third-order valence-electron chi connectivity index (χ3n) is 6.97. The van der Waals surface area contributed by atoms with Crippen molar-refractivity contribution in [2.45, 2.75) is 64.2 Å². The van der Waals surface area contributed by atoms with Gasteiger partial charge in [0.1, 0.15) is 0 Å². The van der Waals surface area contributed by atoms with Gasteiger partial charge in [-0.05, 0) is 88.5 Å². The van der Waals surface area contributed by atoms with E-state index in [1.54, 1.807) is 0 Å². The molecule has 1 aromatic carbocycles. The highest BCUT2D eigenvalue weighted by atomic mass is 16.2. The lowest BCUT2D eigenvalue weighted by Gasteiger charge is -2.33. The molecule has 0 atom stereocenters. The molecule has 5 heteroatoms. The lowest BCUT2D eigenvalue weighted by Crippen LogP contribution is -2.41. The van der Waals surface area contributed by atoms with Gasteiger partial charge >= 0.3 is 0 Å². The molecule has 1 N–H and O–H groups in total. The summed E-state index contributed by atoms with van der Waals surface area (Å²) >= 11 is 0. The zero-order valence-corrected chi connectivity index (χ0v) is 17.6. The summed E-state index contributed by atoms with van der Waals surface area (Å²) in [7, 11) is 0. The Morgan fingerprint density at radius 2 is 1.28 bits per heavy atom. The van der Waals surface area contributed by atoms with Crippen LogP contribution in [-0.4, -0.2) is 42.9 Å². The molecule has 2 aliphatic heterocycles. The summed E-state index contributed by atoms with van der Waals surface area (Å²) < 4.78 is 0. The minimum atomic E-state index is 0.0298. The van der Waals surface area contributed by atoms with Gasteiger partial charge in [-0.25, -0.2) is 0 Å². The van der Waals surface area contributed by atoms with Gasteiger partial charge in [-0.1, -0.05) is 0 Å². The highest BCUT2D eigenvalue weighted by molar-refractivity contribution is 5.93. The van der Waals surface area contributed by atoms with Gasteiger partial charge in [0.15, 0.2) is 0 Å². The summed E-state index contributed by atoms with van der Waals surface area (Å²) in [6, 6.07) is 8.28. The van der Waals surface area contributed by atoms with E-state index < -0.39 is 0 Å². The molecule has 0 aromatic heterocycles. The predicted molar refractivity (Wildman–Crippen MR) is 117 cm³/mol. The van der Waals surface area contributed by atoms with E-state index in [9.17, 15) is 9.59 Å². The van der Waals surface area contributed by atoms with E-state index in [1.165, 1.54) is 31.4 Å². The van der Waals surface area contributed by atoms with Crippen molar-refractivity contribution in [2.75, 3.05) is 36.4 Å². The van der Waals surface area contributed by atoms with Crippen LogP contribution in [-0.2, 0) is 9.59 Å². The number of carbonyl (C=O) groups is 2. The third-order valence-corrected chi connectivity index (χ3v) is 6.97. The topological polar surface area (TPSA) is 52.7 Å². The fourth-order valence-corrected chi connectivity index (χ4v) is 5.13. The summed E-state index contributed by atoms with van der Waals surface area (Å²) in [6.45, 7) is 4.11. The Hall–Kier alpha value is -2.04. The Morgan fingerprint density at radius 1 is 0.724 bits per heavy atom. The molecule has 0 bridgehead atoms. The Kier molecular flexibility index (Phi) is 6.73. The molecular weight excluding hydrogens is 362 g/mol. The van der Waals surface area contributed by atoms with E-state index in [4.69, 9.17) is 0 Å². The van der Waals surface area contributed by atoms with Crippen LogP contribution in [0.25, 0.3) is 0 Å². The van der Waals surface area contributed by atoms with Crippen molar-refractivity contribution in [3.63, 3.8) is 0 Å². The van der Waals surface area contributed by atoms with Crippen molar-refractivity contribution in [1.29, 1.82) is 0 Å². The Bertz CT molecular complexity index is 683. The number of amides is 2. The van der Waals surface area contributed by atoms with Gasteiger partial charge in [0, 0.05) is 49.4 Å². The maximum atomic E-state index is 12.7. The average Bonchev–Trinajstić information content (AvgIpc) is 2.80. The van der Waals surface area contributed by atoms with E-state index in [0.29, 0.717) is 5.91 Å². The fourth-order valence-electron chi connectivity index (χ4n) is 5.13. The predicted octanol–water partition coefficient (Wildman–Crippen LogP) is 4.43. The van der Waals surface area contributed by atoms with E-state index in [-0.39, 0.29) is 17.7 Å². The number of likely N-dealkylation sites (tertiary alicyclic amines) is 1. The van der Waals surface area contributed by atoms with E-state index >= 15 is 0 Å². The molecule has 1 saturated carbocycles. The Balaban J connectivity index is 1.24. The highest BCUT2D eigenvalue weighted by Gasteiger charge is 2.32. The van der Waals surface area contributed by atoms with Gasteiger partial charge in [0.2, 0.25) is 11.8 Å². The van der Waals surface area contributed by atoms with Crippen molar-refractivity contribution in [2.24, 2.45) is 11.8 Å². The van der Waals surface area contributed by atoms with Crippen molar-refractivity contribution >= 4 is 23.2 Å². The molecule has 3 fully saturated rings. The quantitative estimate of drug-likeness (QED) is 0.817. The van der Waals surface area contributed by atoms with Crippen LogP contribution in [0.4, 0.5) is 11.4 Å². The second-order valence-electron chi connectivity index (χ2n) is 9.02. The SMILES string of the molecule is O=C(Nc1ccc(N2CCCCC2)cc1)C1CCC(C(=O)N2CCCCC2)CC1. The standard InChI is InChI=1S/C24H35N3O2/c28-23(25-21-11-13-22(14-12-21)26-15-3-1-4-16-26)19-7-9-20(10-8-19)24(29)27-17-5-2-6-18-27/h11-14,19-20H,1-10,15-18H2,(H,25,28). The maximum Gasteiger partial charge on any atom is 0.227 e. The summed E-state index contributed by atoms with van der Waals surface area (Å²) in [5.41, 5.74) is 2.13. The maximum absolute atomic E-state index is 12.7. The highest BCUT2D eigenvalue weighted by Crippen LogP contribution is 2.32. The summed E-state index contributed by atoms with van der Waals surface area (Å²) in [6.07, 6.45) is 10.7. The monoisotopic (exact) mass is 397 g/mol. The van der Waals surface area contributed by atoms with Crippen LogP contribution in [0.15, 0.2) is 24.3 Å². The first-order chi connectivity index (χ1) is 14.2. The van der Waals surface area contributed by atoms with Gasteiger partial charge in [-0.3, -0.25) is 9.59 Å². The van der Waals surface area contributed by atoms with Gasteiger partial charge < -0.3 is 15.1 Å². The number of anilines is 2. The van der Waals surface area contributed by atoms with Crippen molar-refractivity contribution < 1.29 is 9.59 Å².